The first kappa shape index (κ1) is 9.95. The van der Waals surface area contributed by atoms with E-state index < -0.39 is 5.97 Å². The quantitative estimate of drug-likeness (QED) is 0.659. The summed E-state index contributed by atoms with van der Waals surface area (Å²) in [4.78, 5) is 36.0. The molecule has 6 nitrogen and oxygen atoms in total. The Morgan fingerprint density at radius 2 is 2.07 bits per heavy atom. The highest BCUT2D eigenvalue weighted by atomic mass is 16.4. The van der Waals surface area contributed by atoms with Crippen molar-refractivity contribution >= 4 is 17.9 Å². The zero-order chi connectivity index (χ0) is 11.0. The van der Waals surface area contributed by atoms with E-state index in [1.807, 2.05) is 0 Å². The monoisotopic (exact) mass is 212 g/mol. The molecule has 0 spiro atoms. The number of carboxylic acids is 1. The average Bonchev–Trinajstić information content (AvgIpc) is 2.93. The number of imide groups is 1. The van der Waals surface area contributed by atoms with Gasteiger partial charge in [-0.1, -0.05) is 0 Å². The van der Waals surface area contributed by atoms with Crippen LogP contribution in [0.2, 0.25) is 0 Å². The molecule has 82 valence electrons. The van der Waals surface area contributed by atoms with Crippen LogP contribution in [0.25, 0.3) is 0 Å². The summed E-state index contributed by atoms with van der Waals surface area (Å²) in [6.45, 7) is 0.0966. The fraction of sp³-hybridized carbons (Fsp3) is 0.667. The van der Waals surface area contributed by atoms with Gasteiger partial charge >= 0.3 is 12.0 Å². The molecule has 3 amide bonds. The number of hydrogen-bond acceptors (Lipinski definition) is 3. The molecule has 0 bridgehead atoms. The van der Waals surface area contributed by atoms with Crippen LogP contribution in [0.3, 0.4) is 0 Å². The third kappa shape index (κ3) is 1.93. The maximum Gasteiger partial charge on any atom is 0.327 e. The highest BCUT2D eigenvalue weighted by molar-refractivity contribution is 6.02. The first-order chi connectivity index (χ1) is 7.09. The topological polar surface area (TPSA) is 77.9 Å². The second kappa shape index (κ2) is 3.52. The van der Waals surface area contributed by atoms with Gasteiger partial charge in [0, 0.05) is 12.6 Å². The third-order valence-electron chi connectivity index (χ3n) is 2.62. The lowest BCUT2D eigenvalue weighted by Crippen LogP contribution is -2.35. The zero-order valence-electron chi connectivity index (χ0n) is 8.18. The van der Waals surface area contributed by atoms with Crippen molar-refractivity contribution in [2.45, 2.75) is 25.3 Å². The number of nitrogens with zero attached hydrogens (tertiary/aromatic N) is 2. The van der Waals surface area contributed by atoms with Crippen molar-refractivity contribution in [2.75, 3.05) is 13.1 Å². The van der Waals surface area contributed by atoms with E-state index in [1.165, 1.54) is 4.90 Å². The van der Waals surface area contributed by atoms with E-state index in [0.717, 1.165) is 17.7 Å². The van der Waals surface area contributed by atoms with Gasteiger partial charge in [0.05, 0.1) is 6.42 Å². The molecular formula is C9H12N2O4. The highest BCUT2D eigenvalue weighted by Crippen LogP contribution is 2.30. The molecule has 0 unspecified atom stereocenters. The summed E-state index contributed by atoms with van der Waals surface area (Å²) in [7, 11) is 0. The smallest absolute Gasteiger partial charge is 0.327 e. The summed E-state index contributed by atoms with van der Waals surface area (Å²) in [6.07, 6.45) is 1.72. The van der Waals surface area contributed by atoms with Gasteiger partial charge in [-0.25, -0.2) is 4.79 Å². The van der Waals surface area contributed by atoms with Gasteiger partial charge in [-0.05, 0) is 12.8 Å². The lowest BCUT2D eigenvalue weighted by molar-refractivity contribution is -0.137. The first-order valence-electron chi connectivity index (χ1n) is 4.92. The number of amides is 3. The SMILES string of the molecule is O=C(O)CCN1C(=O)CN(C2CC2)C1=O. The molecule has 15 heavy (non-hydrogen) atoms. The molecule has 1 saturated carbocycles. The molecule has 0 aromatic carbocycles. The number of carbonyl (C=O) groups is 3. The molecule has 0 atom stereocenters. The zero-order valence-corrected chi connectivity index (χ0v) is 8.18. The summed E-state index contributed by atoms with van der Waals surface area (Å²) < 4.78 is 0. The van der Waals surface area contributed by atoms with Crippen LogP contribution in [-0.2, 0) is 9.59 Å². The summed E-state index contributed by atoms with van der Waals surface area (Å²) in [5.41, 5.74) is 0. The van der Waals surface area contributed by atoms with E-state index in [0.29, 0.717) is 0 Å². The van der Waals surface area contributed by atoms with Gasteiger partial charge in [0.25, 0.3) is 0 Å². The van der Waals surface area contributed by atoms with Crippen LogP contribution < -0.4 is 0 Å². The minimum absolute atomic E-state index is 0.0176. The van der Waals surface area contributed by atoms with Crippen molar-refractivity contribution in [2.24, 2.45) is 0 Å². The standard InChI is InChI=1S/C9H12N2O4/c12-7-5-11(6-1-2-6)9(15)10(7)4-3-8(13)14/h6H,1-5H2,(H,13,14). The molecule has 1 saturated heterocycles. The van der Waals surface area contributed by atoms with Gasteiger partial charge < -0.3 is 10.0 Å². The van der Waals surface area contributed by atoms with Crippen molar-refractivity contribution in [1.29, 1.82) is 0 Å². The van der Waals surface area contributed by atoms with Gasteiger partial charge in [0.15, 0.2) is 0 Å². The molecule has 2 aliphatic rings. The Bertz CT molecular complexity index is 324. The van der Waals surface area contributed by atoms with Gasteiger partial charge in [-0.2, -0.15) is 0 Å². The Hall–Kier alpha value is -1.59. The van der Waals surface area contributed by atoms with E-state index in [-0.39, 0.29) is 37.5 Å². The Kier molecular flexibility index (Phi) is 2.34. The number of rotatable bonds is 4. The van der Waals surface area contributed by atoms with E-state index in [9.17, 15) is 14.4 Å². The fourth-order valence-corrected chi connectivity index (χ4v) is 1.66. The Labute approximate surface area is 86.4 Å². The van der Waals surface area contributed by atoms with Crippen molar-refractivity contribution in [1.82, 2.24) is 9.80 Å². The predicted molar refractivity (Wildman–Crippen MR) is 49.1 cm³/mol. The highest BCUT2D eigenvalue weighted by Gasteiger charge is 2.43. The fourth-order valence-electron chi connectivity index (χ4n) is 1.66. The Balaban J connectivity index is 1.96. The predicted octanol–water partition coefficient (Wildman–Crippen LogP) is -0.112. The largest absolute Gasteiger partial charge is 0.481 e. The molecule has 2 fully saturated rings. The van der Waals surface area contributed by atoms with Crippen LogP contribution in [0, 0.1) is 0 Å². The Morgan fingerprint density at radius 3 is 2.60 bits per heavy atom. The van der Waals surface area contributed by atoms with Crippen molar-refractivity contribution in [3.8, 4) is 0 Å². The van der Waals surface area contributed by atoms with Crippen LogP contribution >= 0.6 is 0 Å². The second-order valence-corrected chi connectivity index (χ2v) is 3.83. The van der Waals surface area contributed by atoms with Gasteiger partial charge in [-0.15, -0.1) is 0 Å². The van der Waals surface area contributed by atoms with E-state index >= 15 is 0 Å². The minimum Gasteiger partial charge on any atom is -0.481 e. The summed E-state index contributed by atoms with van der Waals surface area (Å²) >= 11 is 0. The van der Waals surface area contributed by atoms with Crippen LogP contribution in [-0.4, -0.2) is 51.9 Å². The van der Waals surface area contributed by atoms with Crippen molar-refractivity contribution in [3.05, 3.63) is 0 Å². The first-order valence-corrected chi connectivity index (χ1v) is 4.92. The lowest BCUT2D eigenvalue weighted by atomic mass is 10.4. The van der Waals surface area contributed by atoms with Crippen LogP contribution in [0.15, 0.2) is 0 Å². The van der Waals surface area contributed by atoms with E-state index in [2.05, 4.69) is 0 Å². The molecular weight excluding hydrogens is 200 g/mol. The summed E-state index contributed by atoms with van der Waals surface area (Å²) in [5, 5.41) is 8.47. The molecule has 1 aliphatic carbocycles. The minimum atomic E-state index is -1.000. The third-order valence-corrected chi connectivity index (χ3v) is 2.62. The number of urea groups is 1. The molecule has 1 N–H and O–H groups in total. The summed E-state index contributed by atoms with van der Waals surface area (Å²) in [5.74, 6) is -1.28. The van der Waals surface area contributed by atoms with Gasteiger partial charge in [-0.3, -0.25) is 14.5 Å². The second-order valence-electron chi connectivity index (χ2n) is 3.83. The van der Waals surface area contributed by atoms with Crippen LogP contribution in [0.4, 0.5) is 4.79 Å². The molecule has 0 radical (unpaired) electrons. The normalized spacial score (nSPS) is 21.3. The van der Waals surface area contributed by atoms with Crippen LogP contribution in [0.1, 0.15) is 19.3 Å². The number of carbonyl (C=O) groups excluding carboxylic acids is 2. The van der Waals surface area contributed by atoms with Gasteiger partial charge in [0.1, 0.15) is 6.54 Å². The van der Waals surface area contributed by atoms with Crippen LogP contribution in [0.5, 0.6) is 0 Å². The van der Waals surface area contributed by atoms with Crippen molar-refractivity contribution < 1.29 is 19.5 Å². The maximum atomic E-state index is 11.6. The van der Waals surface area contributed by atoms with E-state index in [1.54, 1.807) is 0 Å². The molecule has 6 heteroatoms. The maximum absolute atomic E-state index is 11.6. The number of hydrogen-bond donors (Lipinski definition) is 1. The lowest BCUT2D eigenvalue weighted by Gasteiger charge is -2.15. The molecule has 0 aromatic heterocycles. The van der Waals surface area contributed by atoms with Gasteiger partial charge in [0.2, 0.25) is 5.91 Å². The summed E-state index contributed by atoms with van der Waals surface area (Å²) in [6, 6.07) is -0.125. The Morgan fingerprint density at radius 1 is 1.40 bits per heavy atom. The number of carboxylic acid groups (broad SMARTS) is 1. The molecule has 1 heterocycles. The molecule has 1 aliphatic heterocycles. The number of aliphatic carboxylic acids is 1. The van der Waals surface area contributed by atoms with Crippen molar-refractivity contribution in [3.63, 3.8) is 0 Å². The molecule has 2 rings (SSSR count). The van der Waals surface area contributed by atoms with E-state index in [4.69, 9.17) is 5.11 Å². The molecule has 0 aromatic rings. The average molecular weight is 212 g/mol.